The quantitative estimate of drug-likeness (QED) is 0.169. The highest BCUT2D eigenvalue weighted by Crippen LogP contribution is 2.32. The number of para-hydroxylation sites is 1. The zero-order valence-corrected chi connectivity index (χ0v) is 28.1. The molecule has 0 atom stereocenters. The van der Waals surface area contributed by atoms with Gasteiger partial charge in [0.25, 0.3) is 0 Å². The van der Waals surface area contributed by atoms with Crippen LogP contribution in [0.1, 0.15) is 0 Å². The van der Waals surface area contributed by atoms with E-state index in [1.807, 2.05) is 91.1 Å². The van der Waals surface area contributed by atoms with Gasteiger partial charge in [-0.25, -0.2) is 19.9 Å². The van der Waals surface area contributed by atoms with Crippen molar-refractivity contribution in [1.82, 2.24) is 24.9 Å². The first kappa shape index (κ1) is 30.9. The molecule has 0 aliphatic carbocycles. The van der Waals surface area contributed by atoms with Crippen LogP contribution in [0.15, 0.2) is 188 Å². The molecule has 0 amide bonds. The molecule has 0 spiro atoms. The van der Waals surface area contributed by atoms with Crippen LogP contribution in [0.4, 0.5) is 0 Å². The molecule has 5 heteroatoms. The van der Waals surface area contributed by atoms with Crippen molar-refractivity contribution in [1.29, 1.82) is 0 Å². The number of fused-ring (bicyclic) bond motifs is 1. The first-order valence-corrected chi connectivity index (χ1v) is 17.2. The predicted molar refractivity (Wildman–Crippen MR) is 211 cm³/mol. The lowest BCUT2D eigenvalue weighted by atomic mass is 10.0. The van der Waals surface area contributed by atoms with E-state index in [1.165, 1.54) is 0 Å². The van der Waals surface area contributed by atoms with Gasteiger partial charge in [0.05, 0.1) is 39.7 Å². The van der Waals surface area contributed by atoms with Gasteiger partial charge in [-0.3, -0.25) is 4.98 Å². The minimum Gasteiger partial charge on any atom is -0.254 e. The highest BCUT2D eigenvalue weighted by molar-refractivity contribution is 5.83. The Bertz CT molecular complexity index is 2580. The van der Waals surface area contributed by atoms with E-state index < -0.39 is 0 Å². The first-order valence-electron chi connectivity index (χ1n) is 17.2. The lowest BCUT2D eigenvalue weighted by molar-refractivity contribution is 1.18. The fraction of sp³-hybridized carbons (Fsp3) is 0. The van der Waals surface area contributed by atoms with Crippen LogP contribution in [0.5, 0.6) is 0 Å². The van der Waals surface area contributed by atoms with E-state index in [1.54, 1.807) is 0 Å². The van der Waals surface area contributed by atoms with Crippen molar-refractivity contribution in [2.24, 2.45) is 0 Å². The Morgan fingerprint density at radius 2 is 0.788 bits per heavy atom. The summed E-state index contributed by atoms with van der Waals surface area (Å²) >= 11 is 0. The van der Waals surface area contributed by atoms with E-state index in [2.05, 4.69) is 97.1 Å². The van der Waals surface area contributed by atoms with Gasteiger partial charge in [-0.2, -0.15) is 0 Å². The van der Waals surface area contributed by atoms with Gasteiger partial charge in [-0.15, -0.1) is 0 Å². The van der Waals surface area contributed by atoms with E-state index in [-0.39, 0.29) is 0 Å². The molecule has 0 unspecified atom stereocenters. The van der Waals surface area contributed by atoms with Gasteiger partial charge in [0.2, 0.25) is 0 Å². The van der Waals surface area contributed by atoms with Gasteiger partial charge in [0, 0.05) is 33.8 Å². The van der Waals surface area contributed by atoms with Crippen LogP contribution < -0.4 is 0 Å². The summed E-state index contributed by atoms with van der Waals surface area (Å²) in [6.07, 6.45) is 1.92. The molecule has 0 bridgehead atoms. The summed E-state index contributed by atoms with van der Waals surface area (Å²) in [6, 6.07) is 61.9. The van der Waals surface area contributed by atoms with Crippen LogP contribution in [-0.2, 0) is 0 Å². The number of nitrogens with zero attached hydrogens (tertiary/aromatic N) is 5. The lowest BCUT2D eigenvalue weighted by Crippen LogP contribution is -1.96. The molecule has 244 valence electrons. The second-order valence-corrected chi connectivity index (χ2v) is 12.6. The number of aromatic nitrogens is 5. The molecule has 0 saturated heterocycles. The summed E-state index contributed by atoms with van der Waals surface area (Å²) in [4.78, 5) is 24.8. The molecule has 5 aromatic carbocycles. The lowest BCUT2D eigenvalue weighted by Gasteiger charge is -2.11. The van der Waals surface area contributed by atoms with Crippen LogP contribution >= 0.6 is 0 Å². The SMILES string of the molecule is c1ccc(-c2cc(-c3ccc(-c4ccc(-c5cc(-c6ccccc6)nc(-c6ccccc6)n5)cc4)cn3)nc(-c3ccc4ccccc4n3)c2)cc1. The molecule has 9 rings (SSSR count). The van der Waals surface area contributed by atoms with Crippen LogP contribution in [0.3, 0.4) is 0 Å². The molecule has 0 aliphatic heterocycles. The van der Waals surface area contributed by atoms with Crippen LogP contribution in [-0.4, -0.2) is 24.9 Å². The molecular weight excluding hydrogens is 635 g/mol. The van der Waals surface area contributed by atoms with Crippen molar-refractivity contribution in [3.8, 4) is 78.9 Å². The molecule has 0 N–H and O–H groups in total. The minimum atomic E-state index is 0.699. The highest BCUT2D eigenvalue weighted by Gasteiger charge is 2.13. The summed E-state index contributed by atoms with van der Waals surface area (Å²) in [5, 5.41) is 1.10. The second-order valence-electron chi connectivity index (χ2n) is 12.6. The van der Waals surface area contributed by atoms with Crippen LogP contribution in [0, 0.1) is 0 Å². The van der Waals surface area contributed by atoms with Crippen molar-refractivity contribution < 1.29 is 0 Å². The maximum atomic E-state index is 5.07. The standard InChI is InChI=1S/C47H31N5/c1-4-12-32(13-5-1)39-28-45(50-46(29-39)42-27-24-35-16-10-11-19-40(35)49-42)41-26-25-38(31-48-41)33-20-22-36(23-21-33)44-30-43(34-14-6-2-7-15-34)51-47(52-44)37-17-8-3-9-18-37/h1-31H. The Morgan fingerprint density at radius 3 is 1.46 bits per heavy atom. The maximum Gasteiger partial charge on any atom is 0.160 e. The maximum absolute atomic E-state index is 5.07. The third-order valence-corrected chi connectivity index (χ3v) is 9.16. The van der Waals surface area contributed by atoms with Gasteiger partial charge >= 0.3 is 0 Å². The van der Waals surface area contributed by atoms with Crippen molar-refractivity contribution >= 4 is 10.9 Å². The molecule has 52 heavy (non-hydrogen) atoms. The number of hydrogen-bond donors (Lipinski definition) is 0. The van der Waals surface area contributed by atoms with E-state index in [9.17, 15) is 0 Å². The number of benzene rings is 5. The summed E-state index contributed by atoms with van der Waals surface area (Å²) in [6.45, 7) is 0. The van der Waals surface area contributed by atoms with E-state index in [0.29, 0.717) is 5.82 Å². The number of pyridine rings is 3. The second kappa shape index (κ2) is 13.7. The fourth-order valence-corrected chi connectivity index (χ4v) is 6.42. The van der Waals surface area contributed by atoms with E-state index >= 15 is 0 Å². The van der Waals surface area contributed by atoms with Crippen molar-refractivity contribution in [3.63, 3.8) is 0 Å². The monoisotopic (exact) mass is 665 g/mol. The zero-order chi connectivity index (χ0) is 34.7. The Morgan fingerprint density at radius 1 is 0.269 bits per heavy atom. The molecule has 5 nitrogen and oxygen atoms in total. The highest BCUT2D eigenvalue weighted by atomic mass is 14.9. The van der Waals surface area contributed by atoms with Gasteiger partial charge in [0.1, 0.15) is 0 Å². The topological polar surface area (TPSA) is 64.5 Å². The molecule has 9 aromatic rings. The third-order valence-electron chi connectivity index (χ3n) is 9.16. The Labute approximate surface area is 302 Å². The molecule has 4 aromatic heterocycles. The zero-order valence-electron chi connectivity index (χ0n) is 28.1. The van der Waals surface area contributed by atoms with Crippen molar-refractivity contribution in [3.05, 3.63) is 188 Å². The van der Waals surface area contributed by atoms with Gasteiger partial charge in [-0.05, 0) is 53.1 Å². The molecular formula is C47H31N5. The minimum absolute atomic E-state index is 0.699. The first-order chi connectivity index (χ1) is 25.7. The molecule has 0 fully saturated rings. The Hall–Kier alpha value is -7.11. The summed E-state index contributed by atoms with van der Waals surface area (Å²) < 4.78 is 0. The molecule has 0 saturated carbocycles. The van der Waals surface area contributed by atoms with Gasteiger partial charge in [-0.1, -0.05) is 146 Å². The normalized spacial score (nSPS) is 11.1. The number of rotatable bonds is 7. The summed E-state index contributed by atoms with van der Waals surface area (Å²) in [7, 11) is 0. The average molecular weight is 666 g/mol. The Kier molecular flexibility index (Phi) is 8.12. The number of hydrogen-bond acceptors (Lipinski definition) is 5. The fourth-order valence-electron chi connectivity index (χ4n) is 6.42. The molecule has 4 heterocycles. The van der Waals surface area contributed by atoms with Gasteiger partial charge < -0.3 is 0 Å². The predicted octanol–water partition coefficient (Wildman–Crippen LogP) is 11.5. The van der Waals surface area contributed by atoms with Crippen molar-refractivity contribution in [2.45, 2.75) is 0 Å². The van der Waals surface area contributed by atoms with Crippen molar-refractivity contribution in [2.75, 3.05) is 0 Å². The van der Waals surface area contributed by atoms with E-state index in [4.69, 9.17) is 24.9 Å². The largest absolute Gasteiger partial charge is 0.254 e. The van der Waals surface area contributed by atoms with Crippen LogP contribution in [0.25, 0.3) is 89.8 Å². The molecule has 0 aliphatic rings. The Balaban J connectivity index is 1.04. The average Bonchev–Trinajstić information content (AvgIpc) is 3.24. The van der Waals surface area contributed by atoms with Gasteiger partial charge in [0.15, 0.2) is 5.82 Å². The smallest absolute Gasteiger partial charge is 0.160 e. The third kappa shape index (κ3) is 6.35. The van der Waals surface area contributed by atoms with Crippen LogP contribution in [0.2, 0.25) is 0 Å². The van der Waals surface area contributed by atoms with E-state index in [0.717, 1.165) is 84.0 Å². The summed E-state index contributed by atoms with van der Waals surface area (Å²) in [5.74, 6) is 0.699. The summed E-state index contributed by atoms with van der Waals surface area (Å²) in [5.41, 5.74) is 13.2. The molecule has 0 radical (unpaired) electrons.